The van der Waals surface area contributed by atoms with Gasteiger partial charge in [-0.2, -0.15) is 13.2 Å². The van der Waals surface area contributed by atoms with Gasteiger partial charge >= 0.3 is 23.9 Å². The Labute approximate surface area is 147 Å². The third-order valence-corrected chi connectivity index (χ3v) is 3.22. The van der Waals surface area contributed by atoms with E-state index in [0.29, 0.717) is 5.56 Å². The SMILES string of the molecule is CCOC(=O)C(NC(=O)NCCc1ccc(F)cc1)(OCC)C(F)(F)F. The minimum absolute atomic E-state index is 0.0413. The van der Waals surface area contributed by atoms with Gasteiger partial charge in [-0.1, -0.05) is 12.1 Å². The van der Waals surface area contributed by atoms with Crippen LogP contribution in [0.3, 0.4) is 0 Å². The zero-order valence-electron chi connectivity index (χ0n) is 14.3. The first-order valence-electron chi connectivity index (χ1n) is 7.84. The van der Waals surface area contributed by atoms with Gasteiger partial charge in [-0.05, 0) is 38.0 Å². The first-order valence-corrected chi connectivity index (χ1v) is 7.84. The molecule has 1 aromatic carbocycles. The van der Waals surface area contributed by atoms with E-state index in [2.05, 4.69) is 14.8 Å². The van der Waals surface area contributed by atoms with Crippen LogP contribution in [0.2, 0.25) is 0 Å². The highest BCUT2D eigenvalue weighted by Gasteiger charge is 2.64. The molecule has 0 saturated carbocycles. The molecule has 1 unspecified atom stereocenters. The number of halogens is 4. The fourth-order valence-electron chi connectivity index (χ4n) is 2.04. The molecule has 0 aromatic heterocycles. The topological polar surface area (TPSA) is 76.7 Å². The fourth-order valence-corrected chi connectivity index (χ4v) is 2.04. The smallest absolute Gasteiger partial charge is 0.448 e. The summed E-state index contributed by atoms with van der Waals surface area (Å²) in [5.41, 5.74) is -2.93. The molecule has 0 aliphatic carbocycles. The standard InChI is InChI=1S/C16H20F4N2O4/c1-3-25-13(23)15(26-4-2,16(18,19)20)22-14(24)21-10-9-11-5-7-12(17)8-6-11/h5-8H,3-4,9-10H2,1-2H3,(H2,21,22,24). The van der Waals surface area contributed by atoms with E-state index >= 15 is 0 Å². The van der Waals surface area contributed by atoms with Gasteiger partial charge in [-0.15, -0.1) is 0 Å². The molecule has 0 radical (unpaired) electrons. The lowest BCUT2D eigenvalue weighted by molar-refractivity contribution is -0.283. The van der Waals surface area contributed by atoms with Gasteiger partial charge in [-0.25, -0.2) is 14.0 Å². The number of alkyl halides is 3. The molecule has 10 heteroatoms. The highest BCUT2D eigenvalue weighted by Crippen LogP contribution is 2.33. The molecule has 146 valence electrons. The highest BCUT2D eigenvalue weighted by atomic mass is 19.4. The van der Waals surface area contributed by atoms with Gasteiger partial charge in [0.15, 0.2) is 0 Å². The predicted molar refractivity (Wildman–Crippen MR) is 83.7 cm³/mol. The second-order valence-corrected chi connectivity index (χ2v) is 5.09. The molecule has 1 rings (SSSR count). The van der Waals surface area contributed by atoms with Crippen LogP contribution in [0.1, 0.15) is 19.4 Å². The maximum atomic E-state index is 13.4. The van der Waals surface area contributed by atoms with Crippen LogP contribution in [0.4, 0.5) is 22.4 Å². The summed E-state index contributed by atoms with van der Waals surface area (Å²) in [5.74, 6) is -2.19. The minimum Gasteiger partial charge on any atom is -0.462 e. The lowest BCUT2D eigenvalue weighted by Gasteiger charge is -2.33. The van der Waals surface area contributed by atoms with Gasteiger partial charge in [0.25, 0.3) is 0 Å². The van der Waals surface area contributed by atoms with Crippen molar-refractivity contribution in [3.63, 3.8) is 0 Å². The maximum Gasteiger partial charge on any atom is 0.448 e. The molecule has 0 aliphatic heterocycles. The molecule has 0 bridgehead atoms. The lowest BCUT2D eigenvalue weighted by atomic mass is 10.1. The Bertz CT molecular complexity index is 607. The summed E-state index contributed by atoms with van der Waals surface area (Å²) in [7, 11) is 0. The molecule has 0 spiro atoms. The third-order valence-electron chi connectivity index (χ3n) is 3.22. The van der Waals surface area contributed by atoms with Gasteiger partial charge in [0, 0.05) is 13.2 Å². The summed E-state index contributed by atoms with van der Waals surface area (Å²) in [4.78, 5) is 23.7. The molecule has 0 fully saturated rings. The van der Waals surface area contributed by atoms with Crippen LogP contribution in [0.5, 0.6) is 0 Å². The van der Waals surface area contributed by atoms with Crippen LogP contribution in [0.15, 0.2) is 24.3 Å². The molecule has 26 heavy (non-hydrogen) atoms. The van der Waals surface area contributed by atoms with Crippen molar-refractivity contribution in [2.24, 2.45) is 0 Å². The van der Waals surface area contributed by atoms with Crippen molar-refractivity contribution in [1.82, 2.24) is 10.6 Å². The normalized spacial score (nSPS) is 13.6. The van der Waals surface area contributed by atoms with E-state index in [4.69, 9.17) is 0 Å². The largest absolute Gasteiger partial charge is 0.462 e. The first kappa shape index (κ1) is 21.7. The number of hydrogen-bond acceptors (Lipinski definition) is 4. The molecular weight excluding hydrogens is 360 g/mol. The van der Waals surface area contributed by atoms with Gasteiger partial charge < -0.3 is 14.8 Å². The number of benzene rings is 1. The molecule has 2 amide bonds. The fraction of sp³-hybridized carbons (Fsp3) is 0.500. The lowest BCUT2D eigenvalue weighted by Crippen LogP contribution is -2.67. The highest BCUT2D eigenvalue weighted by molar-refractivity contribution is 5.87. The summed E-state index contributed by atoms with van der Waals surface area (Å²) in [5, 5.41) is 3.72. The van der Waals surface area contributed by atoms with Crippen molar-refractivity contribution in [3.05, 3.63) is 35.6 Å². The van der Waals surface area contributed by atoms with Gasteiger partial charge in [0.2, 0.25) is 0 Å². The maximum absolute atomic E-state index is 13.4. The second kappa shape index (κ2) is 9.37. The Hall–Kier alpha value is -2.36. The van der Waals surface area contributed by atoms with Gasteiger partial charge in [0.1, 0.15) is 5.82 Å². The molecule has 0 aliphatic rings. The average molecular weight is 380 g/mol. The van der Waals surface area contributed by atoms with Crippen LogP contribution in [-0.4, -0.2) is 43.7 Å². The quantitative estimate of drug-likeness (QED) is 0.413. The zero-order chi connectivity index (χ0) is 19.8. The predicted octanol–water partition coefficient (Wildman–Crippen LogP) is 2.53. The van der Waals surface area contributed by atoms with Crippen LogP contribution in [0.25, 0.3) is 0 Å². The molecule has 0 saturated heterocycles. The van der Waals surface area contributed by atoms with E-state index in [1.165, 1.54) is 43.4 Å². The Morgan fingerprint density at radius 1 is 1.08 bits per heavy atom. The summed E-state index contributed by atoms with van der Waals surface area (Å²) >= 11 is 0. The number of ether oxygens (including phenoxy) is 2. The van der Waals surface area contributed by atoms with E-state index in [1.54, 1.807) is 0 Å². The Morgan fingerprint density at radius 2 is 1.69 bits per heavy atom. The Kier molecular flexibility index (Phi) is 7.81. The van der Waals surface area contributed by atoms with Crippen molar-refractivity contribution < 1.29 is 36.6 Å². The van der Waals surface area contributed by atoms with Crippen molar-refractivity contribution in [2.45, 2.75) is 32.2 Å². The second-order valence-electron chi connectivity index (χ2n) is 5.09. The molecule has 1 atom stereocenters. The minimum atomic E-state index is -5.23. The number of amides is 2. The summed E-state index contributed by atoms with van der Waals surface area (Å²) in [6, 6.07) is 4.15. The van der Waals surface area contributed by atoms with Gasteiger partial charge in [-0.3, -0.25) is 5.32 Å². The average Bonchev–Trinajstić information content (AvgIpc) is 2.55. The number of esters is 1. The van der Waals surface area contributed by atoms with Crippen molar-refractivity contribution >= 4 is 12.0 Å². The zero-order valence-corrected chi connectivity index (χ0v) is 14.3. The number of hydrogen-bond donors (Lipinski definition) is 2. The molecule has 1 aromatic rings. The third kappa shape index (κ3) is 5.58. The van der Waals surface area contributed by atoms with Crippen LogP contribution < -0.4 is 10.6 Å². The molecule has 2 N–H and O–H groups in total. The number of carbonyl (C=O) groups is 2. The van der Waals surface area contributed by atoms with E-state index < -0.39 is 36.3 Å². The molecule has 6 nitrogen and oxygen atoms in total. The van der Waals surface area contributed by atoms with E-state index in [1.807, 2.05) is 0 Å². The molecule has 0 heterocycles. The molecular formula is C16H20F4N2O4. The van der Waals surface area contributed by atoms with Crippen molar-refractivity contribution in [1.29, 1.82) is 0 Å². The Morgan fingerprint density at radius 3 is 2.19 bits per heavy atom. The summed E-state index contributed by atoms with van der Waals surface area (Å²) in [6.07, 6.45) is -4.98. The van der Waals surface area contributed by atoms with Crippen molar-refractivity contribution in [2.75, 3.05) is 19.8 Å². The van der Waals surface area contributed by atoms with Gasteiger partial charge in [0.05, 0.1) is 6.61 Å². The number of nitrogens with one attached hydrogen (secondary N) is 2. The van der Waals surface area contributed by atoms with Crippen LogP contribution in [0, 0.1) is 5.82 Å². The number of rotatable bonds is 8. The number of urea groups is 1. The van der Waals surface area contributed by atoms with Crippen LogP contribution >= 0.6 is 0 Å². The monoisotopic (exact) mass is 380 g/mol. The van der Waals surface area contributed by atoms with Crippen molar-refractivity contribution in [3.8, 4) is 0 Å². The van der Waals surface area contributed by atoms with E-state index in [0.717, 1.165) is 0 Å². The number of carbonyl (C=O) groups excluding carboxylic acids is 2. The van der Waals surface area contributed by atoms with E-state index in [-0.39, 0.29) is 19.6 Å². The summed E-state index contributed by atoms with van der Waals surface area (Å²) in [6.45, 7) is 1.72. The van der Waals surface area contributed by atoms with E-state index in [9.17, 15) is 27.2 Å². The Balaban J connectivity index is 2.77. The van der Waals surface area contributed by atoms with Crippen LogP contribution in [-0.2, 0) is 20.7 Å². The summed E-state index contributed by atoms with van der Waals surface area (Å²) < 4.78 is 62.0. The first-order chi connectivity index (χ1) is 12.2.